The first kappa shape index (κ1) is 19.1. The number of carbonyl (C=O) groups is 2. The lowest BCUT2D eigenvalue weighted by Crippen LogP contribution is -2.42. The second kappa shape index (κ2) is 8.78. The third-order valence-electron chi connectivity index (χ3n) is 3.44. The normalized spacial score (nSPS) is 10.4. The van der Waals surface area contributed by atoms with E-state index in [0.29, 0.717) is 10.7 Å². The van der Waals surface area contributed by atoms with Gasteiger partial charge in [0.2, 0.25) is 11.1 Å². The molecule has 8 nitrogen and oxygen atoms in total. The van der Waals surface area contributed by atoms with Crippen LogP contribution in [-0.4, -0.2) is 37.8 Å². The van der Waals surface area contributed by atoms with Crippen molar-refractivity contribution in [3.8, 4) is 5.69 Å². The number of rotatable bonds is 5. The third-order valence-corrected chi connectivity index (χ3v) is 4.89. The summed E-state index contributed by atoms with van der Waals surface area (Å²) in [6.07, 6.45) is 0. The number of hydrazine groups is 1. The molecule has 27 heavy (non-hydrogen) atoms. The molecule has 0 spiro atoms. The third kappa shape index (κ3) is 5.14. The summed E-state index contributed by atoms with van der Waals surface area (Å²) in [6.45, 7) is 1.97. The van der Waals surface area contributed by atoms with Crippen LogP contribution >= 0.6 is 27.7 Å². The molecule has 2 amide bonds. The van der Waals surface area contributed by atoms with Gasteiger partial charge >= 0.3 is 0 Å². The van der Waals surface area contributed by atoms with Crippen molar-refractivity contribution in [2.45, 2.75) is 12.1 Å². The number of halogens is 1. The number of nitrogens with zero attached hydrogens (tertiary/aromatic N) is 4. The number of hydrogen-bond donors (Lipinski definition) is 2. The highest BCUT2D eigenvalue weighted by Gasteiger charge is 2.12. The van der Waals surface area contributed by atoms with Gasteiger partial charge in [-0.15, -0.1) is 5.10 Å². The Labute approximate surface area is 167 Å². The Morgan fingerprint density at radius 1 is 1.15 bits per heavy atom. The summed E-state index contributed by atoms with van der Waals surface area (Å²) in [6, 6.07) is 14.5. The van der Waals surface area contributed by atoms with Gasteiger partial charge in [0.05, 0.1) is 11.4 Å². The van der Waals surface area contributed by atoms with Crippen LogP contribution in [0.15, 0.2) is 58.2 Å². The Hall–Kier alpha value is -2.72. The number of benzene rings is 2. The number of tetrazole rings is 1. The summed E-state index contributed by atoms with van der Waals surface area (Å²) < 4.78 is 2.43. The number of thioether (sulfide) groups is 1. The van der Waals surface area contributed by atoms with Crippen molar-refractivity contribution in [2.75, 3.05) is 5.75 Å². The lowest BCUT2D eigenvalue weighted by molar-refractivity contribution is -0.119. The zero-order chi connectivity index (χ0) is 19.2. The highest BCUT2D eigenvalue weighted by Crippen LogP contribution is 2.18. The van der Waals surface area contributed by atoms with Gasteiger partial charge in [-0.05, 0) is 59.3 Å². The van der Waals surface area contributed by atoms with Crippen molar-refractivity contribution < 1.29 is 9.59 Å². The van der Waals surface area contributed by atoms with E-state index in [-0.39, 0.29) is 11.7 Å². The SMILES string of the molecule is Cc1cccc(-n2nnnc2SCC(=O)NNC(=O)c2ccc(Br)cc2)c1. The molecule has 0 saturated heterocycles. The molecule has 10 heteroatoms. The van der Waals surface area contributed by atoms with Gasteiger partial charge in [-0.2, -0.15) is 4.68 Å². The zero-order valence-electron chi connectivity index (χ0n) is 14.2. The molecule has 0 aliphatic carbocycles. The lowest BCUT2D eigenvalue weighted by Gasteiger charge is -2.08. The van der Waals surface area contributed by atoms with E-state index in [1.807, 2.05) is 31.2 Å². The lowest BCUT2D eigenvalue weighted by atomic mass is 10.2. The van der Waals surface area contributed by atoms with E-state index in [0.717, 1.165) is 15.7 Å². The average molecular weight is 447 g/mol. The van der Waals surface area contributed by atoms with Crippen LogP contribution in [0.25, 0.3) is 5.69 Å². The quantitative estimate of drug-likeness (QED) is 0.460. The van der Waals surface area contributed by atoms with Crippen molar-refractivity contribution >= 4 is 39.5 Å². The fourth-order valence-corrected chi connectivity index (χ4v) is 3.11. The van der Waals surface area contributed by atoms with E-state index < -0.39 is 5.91 Å². The minimum Gasteiger partial charge on any atom is -0.272 e. The Morgan fingerprint density at radius 3 is 2.67 bits per heavy atom. The Balaban J connectivity index is 1.53. The molecule has 0 unspecified atom stereocenters. The van der Waals surface area contributed by atoms with E-state index in [9.17, 15) is 9.59 Å². The van der Waals surface area contributed by atoms with Crippen LogP contribution in [0.1, 0.15) is 15.9 Å². The Kier molecular flexibility index (Phi) is 6.20. The van der Waals surface area contributed by atoms with Crippen LogP contribution in [-0.2, 0) is 4.79 Å². The van der Waals surface area contributed by atoms with Gasteiger partial charge in [0, 0.05) is 10.0 Å². The number of nitrogens with one attached hydrogen (secondary N) is 2. The van der Waals surface area contributed by atoms with Gasteiger partial charge in [-0.3, -0.25) is 20.4 Å². The first-order valence-electron chi connectivity index (χ1n) is 7.86. The van der Waals surface area contributed by atoms with Gasteiger partial charge in [0.1, 0.15) is 0 Å². The first-order valence-corrected chi connectivity index (χ1v) is 9.64. The Bertz CT molecular complexity index is 960. The number of aryl methyl sites for hydroxylation is 1. The van der Waals surface area contributed by atoms with Gasteiger partial charge in [0.15, 0.2) is 0 Å². The summed E-state index contributed by atoms with van der Waals surface area (Å²) in [5.74, 6) is -0.720. The molecule has 2 N–H and O–H groups in total. The minimum atomic E-state index is -0.398. The number of carbonyl (C=O) groups excluding carboxylic acids is 2. The van der Waals surface area contributed by atoms with Crippen molar-refractivity contribution in [1.29, 1.82) is 0 Å². The highest BCUT2D eigenvalue weighted by atomic mass is 79.9. The summed E-state index contributed by atoms with van der Waals surface area (Å²) in [7, 11) is 0. The maximum Gasteiger partial charge on any atom is 0.269 e. The fourth-order valence-electron chi connectivity index (χ4n) is 2.16. The molecule has 0 atom stereocenters. The van der Waals surface area contributed by atoms with Crippen molar-refractivity contribution in [3.63, 3.8) is 0 Å². The van der Waals surface area contributed by atoms with Gasteiger partial charge < -0.3 is 0 Å². The summed E-state index contributed by atoms with van der Waals surface area (Å²) in [5, 5.41) is 12.0. The molecule has 1 aromatic heterocycles. The molecule has 0 radical (unpaired) electrons. The number of amides is 2. The summed E-state index contributed by atoms with van der Waals surface area (Å²) in [4.78, 5) is 24.0. The first-order chi connectivity index (χ1) is 13.0. The van der Waals surface area contributed by atoms with Gasteiger partial charge in [0.25, 0.3) is 5.91 Å². The van der Waals surface area contributed by atoms with Crippen LogP contribution < -0.4 is 10.9 Å². The predicted molar refractivity (Wildman–Crippen MR) is 104 cm³/mol. The van der Waals surface area contributed by atoms with Gasteiger partial charge in [-0.1, -0.05) is 39.8 Å². The predicted octanol–water partition coefficient (Wildman–Crippen LogP) is 2.29. The molecular formula is C17H15BrN6O2S. The van der Waals surface area contributed by atoms with Crippen LogP contribution in [0.4, 0.5) is 0 Å². The van der Waals surface area contributed by atoms with Crippen LogP contribution in [0.5, 0.6) is 0 Å². The van der Waals surface area contributed by atoms with E-state index in [1.165, 1.54) is 11.8 Å². The maximum atomic E-state index is 12.0. The molecule has 2 aromatic carbocycles. The maximum absolute atomic E-state index is 12.0. The van der Waals surface area contributed by atoms with Crippen LogP contribution in [0.2, 0.25) is 0 Å². The second-order valence-electron chi connectivity index (χ2n) is 5.51. The smallest absolute Gasteiger partial charge is 0.269 e. The Morgan fingerprint density at radius 2 is 1.93 bits per heavy atom. The topological polar surface area (TPSA) is 102 Å². The molecule has 0 aliphatic heterocycles. The molecule has 0 bridgehead atoms. The molecule has 138 valence electrons. The molecule has 0 fully saturated rings. The molecule has 3 rings (SSSR count). The number of hydrogen-bond acceptors (Lipinski definition) is 6. The monoisotopic (exact) mass is 446 g/mol. The molecule has 3 aromatic rings. The summed E-state index contributed by atoms with van der Waals surface area (Å²) >= 11 is 4.47. The van der Waals surface area contributed by atoms with E-state index >= 15 is 0 Å². The molecule has 0 saturated carbocycles. The van der Waals surface area contributed by atoms with Crippen LogP contribution in [0.3, 0.4) is 0 Å². The standard InChI is InChI=1S/C17H15BrN6O2S/c1-11-3-2-4-14(9-11)24-17(21-22-23-24)27-10-15(25)19-20-16(26)12-5-7-13(18)8-6-12/h2-9H,10H2,1H3,(H,19,25)(H,20,26). The summed E-state index contributed by atoms with van der Waals surface area (Å²) in [5.41, 5.74) is 7.08. The molecular weight excluding hydrogens is 432 g/mol. The van der Waals surface area contributed by atoms with E-state index in [4.69, 9.17) is 0 Å². The van der Waals surface area contributed by atoms with E-state index in [1.54, 1.807) is 28.9 Å². The average Bonchev–Trinajstić information content (AvgIpc) is 3.13. The molecule has 1 heterocycles. The zero-order valence-corrected chi connectivity index (χ0v) is 16.6. The second-order valence-corrected chi connectivity index (χ2v) is 7.37. The highest BCUT2D eigenvalue weighted by molar-refractivity contribution is 9.10. The van der Waals surface area contributed by atoms with Crippen LogP contribution in [0, 0.1) is 6.92 Å². The number of aromatic nitrogens is 4. The molecule has 0 aliphatic rings. The van der Waals surface area contributed by atoms with Crippen molar-refractivity contribution in [1.82, 2.24) is 31.1 Å². The largest absolute Gasteiger partial charge is 0.272 e. The van der Waals surface area contributed by atoms with E-state index in [2.05, 4.69) is 42.3 Å². The van der Waals surface area contributed by atoms with Crippen molar-refractivity contribution in [2.24, 2.45) is 0 Å². The van der Waals surface area contributed by atoms with Gasteiger partial charge in [-0.25, -0.2) is 0 Å². The van der Waals surface area contributed by atoms with Crippen molar-refractivity contribution in [3.05, 3.63) is 64.1 Å². The minimum absolute atomic E-state index is 0.0484. The fraction of sp³-hybridized carbons (Fsp3) is 0.118.